The van der Waals surface area contributed by atoms with Crippen molar-refractivity contribution in [1.82, 2.24) is 5.43 Å². The molecular formula is C7H13N3O2. The van der Waals surface area contributed by atoms with Crippen molar-refractivity contribution in [1.29, 1.82) is 5.26 Å². The quantitative estimate of drug-likeness (QED) is 0.292. The molecule has 1 amide bonds. The number of rotatable bonds is 3. The van der Waals surface area contributed by atoms with Crippen LogP contribution in [0.2, 0.25) is 0 Å². The summed E-state index contributed by atoms with van der Waals surface area (Å²) < 4.78 is 0. The van der Waals surface area contributed by atoms with Crippen LogP contribution in [0, 0.1) is 23.2 Å². The van der Waals surface area contributed by atoms with Crippen LogP contribution in [0.25, 0.3) is 0 Å². The number of hydrogen-bond donors (Lipinski definition) is 3. The molecule has 0 heterocycles. The summed E-state index contributed by atoms with van der Waals surface area (Å²) in [4.78, 5) is 10.9. The number of hydrazine groups is 1. The van der Waals surface area contributed by atoms with Gasteiger partial charge in [-0.2, -0.15) is 5.26 Å². The van der Waals surface area contributed by atoms with Crippen LogP contribution < -0.4 is 11.3 Å². The Balaban J connectivity index is 4.37. The average Bonchev–Trinajstić information content (AvgIpc) is 2.05. The summed E-state index contributed by atoms with van der Waals surface area (Å²) >= 11 is 0. The van der Waals surface area contributed by atoms with E-state index in [4.69, 9.17) is 16.2 Å². The number of aliphatic hydroxyl groups is 1. The van der Waals surface area contributed by atoms with E-state index >= 15 is 0 Å². The second kappa shape index (κ2) is 4.70. The third kappa shape index (κ3) is 2.49. The molecule has 5 heteroatoms. The fraction of sp³-hybridized carbons (Fsp3) is 0.714. The van der Waals surface area contributed by atoms with Crippen molar-refractivity contribution < 1.29 is 9.90 Å². The van der Waals surface area contributed by atoms with Crippen molar-refractivity contribution in [2.75, 3.05) is 0 Å². The molecule has 0 spiro atoms. The van der Waals surface area contributed by atoms with Gasteiger partial charge in [0.1, 0.15) is 5.92 Å². The number of aliphatic hydroxyl groups excluding tert-OH is 1. The molecule has 3 unspecified atom stereocenters. The number of carbonyl (C=O) groups excluding carboxylic acids is 1. The van der Waals surface area contributed by atoms with Crippen LogP contribution in [0.1, 0.15) is 13.8 Å². The summed E-state index contributed by atoms with van der Waals surface area (Å²) in [6.07, 6.45) is -0.702. The van der Waals surface area contributed by atoms with Crippen molar-refractivity contribution in [2.24, 2.45) is 17.7 Å². The molecule has 4 N–H and O–H groups in total. The van der Waals surface area contributed by atoms with Gasteiger partial charge in [-0.15, -0.1) is 0 Å². The maximum Gasteiger partial charge on any atom is 0.251 e. The topological polar surface area (TPSA) is 99.1 Å². The van der Waals surface area contributed by atoms with Crippen LogP contribution in [0.3, 0.4) is 0 Å². The van der Waals surface area contributed by atoms with Crippen LogP contribution in [0.4, 0.5) is 0 Å². The Labute approximate surface area is 71.1 Å². The monoisotopic (exact) mass is 171 g/mol. The molecule has 68 valence electrons. The molecule has 0 aliphatic rings. The van der Waals surface area contributed by atoms with Crippen LogP contribution >= 0.6 is 0 Å². The van der Waals surface area contributed by atoms with Gasteiger partial charge in [0.05, 0.1) is 12.2 Å². The molecule has 0 bridgehead atoms. The van der Waals surface area contributed by atoms with Crippen molar-refractivity contribution in [3.63, 3.8) is 0 Å². The first-order chi connectivity index (χ1) is 5.54. The molecule has 0 saturated heterocycles. The highest BCUT2D eigenvalue weighted by atomic mass is 16.3. The molecule has 0 aliphatic carbocycles. The molecule has 5 nitrogen and oxygen atoms in total. The van der Waals surface area contributed by atoms with E-state index in [-0.39, 0.29) is 0 Å². The number of nitrogens with zero attached hydrogens (tertiary/aromatic N) is 1. The van der Waals surface area contributed by atoms with Crippen LogP contribution in [-0.4, -0.2) is 17.1 Å². The third-order valence-electron chi connectivity index (χ3n) is 1.85. The molecule has 0 saturated carbocycles. The minimum atomic E-state index is -0.894. The largest absolute Gasteiger partial charge is 0.393 e. The second-order valence-corrected chi connectivity index (χ2v) is 2.72. The maximum absolute atomic E-state index is 10.9. The molecule has 0 aromatic heterocycles. The Hall–Kier alpha value is -1.12. The maximum atomic E-state index is 10.9. The summed E-state index contributed by atoms with van der Waals surface area (Å²) in [5.74, 6) is 2.98. The number of hydrogen-bond acceptors (Lipinski definition) is 4. The van der Waals surface area contributed by atoms with Crippen molar-refractivity contribution >= 4 is 5.91 Å². The smallest absolute Gasteiger partial charge is 0.251 e. The van der Waals surface area contributed by atoms with Gasteiger partial charge in [0, 0.05) is 5.92 Å². The predicted octanol–water partition coefficient (Wildman–Crippen LogP) is -0.867. The highest BCUT2D eigenvalue weighted by Crippen LogP contribution is 2.14. The summed E-state index contributed by atoms with van der Waals surface area (Å²) in [5, 5.41) is 17.7. The average molecular weight is 171 g/mol. The Bertz CT molecular complexity index is 197. The van der Waals surface area contributed by atoms with E-state index in [1.165, 1.54) is 6.92 Å². The Morgan fingerprint density at radius 2 is 2.17 bits per heavy atom. The lowest BCUT2D eigenvalue weighted by molar-refractivity contribution is -0.125. The van der Waals surface area contributed by atoms with Gasteiger partial charge in [0.2, 0.25) is 0 Å². The minimum absolute atomic E-state index is 0.418. The van der Waals surface area contributed by atoms with Crippen LogP contribution in [-0.2, 0) is 4.79 Å². The summed E-state index contributed by atoms with van der Waals surface area (Å²) in [7, 11) is 0. The number of nitrogens with one attached hydrogen (secondary N) is 1. The van der Waals surface area contributed by atoms with E-state index in [0.29, 0.717) is 0 Å². The highest BCUT2D eigenvalue weighted by Gasteiger charge is 2.27. The number of nitrogens with two attached hydrogens (primary N) is 1. The van der Waals surface area contributed by atoms with Gasteiger partial charge in [0.25, 0.3) is 5.91 Å². The standard InChI is InChI=1S/C7H13N3O2/c1-4(5(2)11)6(3-8)7(12)10-9/h4-6,11H,9H2,1-2H3,(H,10,12). The summed E-state index contributed by atoms with van der Waals surface area (Å²) in [6.45, 7) is 3.15. The predicted molar refractivity (Wildman–Crippen MR) is 42.3 cm³/mol. The van der Waals surface area contributed by atoms with E-state index < -0.39 is 23.8 Å². The fourth-order valence-corrected chi connectivity index (χ4v) is 0.783. The van der Waals surface area contributed by atoms with Gasteiger partial charge < -0.3 is 5.11 Å². The lowest BCUT2D eigenvalue weighted by Gasteiger charge is -2.18. The second-order valence-electron chi connectivity index (χ2n) is 2.72. The molecule has 0 aromatic rings. The lowest BCUT2D eigenvalue weighted by atomic mass is 9.90. The van der Waals surface area contributed by atoms with E-state index in [0.717, 1.165) is 0 Å². The Kier molecular flexibility index (Phi) is 4.26. The number of carbonyl (C=O) groups is 1. The van der Waals surface area contributed by atoms with Gasteiger partial charge in [-0.25, -0.2) is 5.84 Å². The van der Waals surface area contributed by atoms with Gasteiger partial charge in [0.15, 0.2) is 0 Å². The van der Waals surface area contributed by atoms with Gasteiger partial charge in [-0.05, 0) is 6.92 Å². The first-order valence-corrected chi connectivity index (χ1v) is 3.62. The highest BCUT2D eigenvalue weighted by molar-refractivity contribution is 5.80. The molecule has 0 aliphatic heterocycles. The van der Waals surface area contributed by atoms with Gasteiger partial charge in [-0.3, -0.25) is 10.2 Å². The Morgan fingerprint density at radius 1 is 1.67 bits per heavy atom. The summed E-state index contributed by atoms with van der Waals surface area (Å²) in [5.41, 5.74) is 1.88. The first kappa shape index (κ1) is 10.9. The normalized spacial score (nSPS) is 17.2. The molecule has 3 atom stereocenters. The minimum Gasteiger partial charge on any atom is -0.393 e. The Morgan fingerprint density at radius 3 is 2.42 bits per heavy atom. The van der Waals surface area contributed by atoms with E-state index in [9.17, 15) is 4.79 Å². The number of nitriles is 1. The zero-order chi connectivity index (χ0) is 9.72. The molecule has 0 aromatic carbocycles. The lowest BCUT2D eigenvalue weighted by Crippen LogP contribution is -2.40. The zero-order valence-corrected chi connectivity index (χ0v) is 7.11. The molecule has 0 fully saturated rings. The van der Waals surface area contributed by atoms with E-state index in [1.807, 2.05) is 5.43 Å². The third-order valence-corrected chi connectivity index (χ3v) is 1.85. The van der Waals surface area contributed by atoms with E-state index in [2.05, 4.69) is 0 Å². The van der Waals surface area contributed by atoms with Gasteiger partial charge >= 0.3 is 0 Å². The van der Waals surface area contributed by atoms with Crippen molar-refractivity contribution in [3.05, 3.63) is 0 Å². The van der Waals surface area contributed by atoms with Crippen molar-refractivity contribution in [2.45, 2.75) is 20.0 Å². The SMILES string of the molecule is CC(O)C(C)C(C#N)C(=O)NN. The molecule has 0 rings (SSSR count). The first-order valence-electron chi connectivity index (χ1n) is 3.62. The van der Waals surface area contributed by atoms with Crippen LogP contribution in [0.15, 0.2) is 0 Å². The molecular weight excluding hydrogens is 158 g/mol. The van der Waals surface area contributed by atoms with Crippen LogP contribution in [0.5, 0.6) is 0 Å². The number of amides is 1. The fourth-order valence-electron chi connectivity index (χ4n) is 0.783. The van der Waals surface area contributed by atoms with Gasteiger partial charge in [-0.1, -0.05) is 6.92 Å². The summed E-state index contributed by atoms with van der Waals surface area (Å²) in [6, 6.07) is 1.78. The zero-order valence-electron chi connectivity index (χ0n) is 7.11. The van der Waals surface area contributed by atoms with Crippen molar-refractivity contribution in [3.8, 4) is 6.07 Å². The van der Waals surface area contributed by atoms with E-state index in [1.54, 1.807) is 13.0 Å². The molecule has 12 heavy (non-hydrogen) atoms. The molecule has 0 radical (unpaired) electrons.